The summed E-state index contributed by atoms with van der Waals surface area (Å²) in [6, 6.07) is 3.41. The second-order valence-electron chi connectivity index (χ2n) is 4.82. The number of aromatic carboxylic acids is 1. The summed E-state index contributed by atoms with van der Waals surface area (Å²) in [6.07, 6.45) is 2.60. The van der Waals surface area contributed by atoms with Crippen molar-refractivity contribution in [2.75, 3.05) is 6.54 Å². The number of rotatable bonds is 3. The van der Waals surface area contributed by atoms with E-state index in [1.807, 2.05) is 4.90 Å². The third-order valence-electron chi connectivity index (χ3n) is 3.31. The topological polar surface area (TPSA) is 57.6 Å². The fourth-order valence-electron chi connectivity index (χ4n) is 2.11. The predicted molar refractivity (Wildman–Crippen MR) is 69.7 cm³/mol. The molecule has 2 heterocycles. The molecule has 0 aliphatic carbocycles. The van der Waals surface area contributed by atoms with Gasteiger partial charge in [0, 0.05) is 17.8 Å². The van der Waals surface area contributed by atoms with Crippen molar-refractivity contribution < 1.29 is 14.7 Å². The lowest BCUT2D eigenvalue weighted by Crippen LogP contribution is -2.29. The summed E-state index contributed by atoms with van der Waals surface area (Å²) in [5.41, 5.74) is 0. The Labute approximate surface area is 110 Å². The first-order valence-corrected chi connectivity index (χ1v) is 6.97. The van der Waals surface area contributed by atoms with E-state index in [4.69, 9.17) is 5.11 Å². The van der Waals surface area contributed by atoms with Gasteiger partial charge in [-0.25, -0.2) is 4.79 Å². The van der Waals surface area contributed by atoms with Gasteiger partial charge in [-0.05, 0) is 30.9 Å². The largest absolute Gasteiger partial charge is 0.477 e. The molecule has 2 rings (SSSR count). The molecule has 0 radical (unpaired) electrons. The van der Waals surface area contributed by atoms with Gasteiger partial charge in [0.25, 0.3) is 0 Å². The summed E-state index contributed by atoms with van der Waals surface area (Å²) in [5.74, 6) is -0.122. The first-order chi connectivity index (χ1) is 8.56. The molecule has 1 aromatic rings. The van der Waals surface area contributed by atoms with Gasteiger partial charge in [0.2, 0.25) is 5.91 Å². The Bertz CT molecular complexity index is 455. The highest BCUT2D eigenvalue weighted by molar-refractivity contribution is 7.13. The average molecular weight is 267 g/mol. The Kier molecular flexibility index (Phi) is 4.01. The molecule has 1 aromatic heterocycles. The minimum absolute atomic E-state index is 0.185. The standard InChI is InChI=1S/C13H17NO3S/c1-9-2-5-12(15)14(7-6-9)8-10-3-4-11(18-10)13(16)17/h3-4,9H,2,5-8H2,1H3,(H,16,17). The number of hydrogen-bond acceptors (Lipinski definition) is 3. The van der Waals surface area contributed by atoms with Gasteiger partial charge in [-0.1, -0.05) is 6.92 Å². The molecule has 4 nitrogen and oxygen atoms in total. The van der Waals surface area contributed by atoms with E-state index in [0.717, 1.165) is 24.3 Å². The smallest absolute Gasteiger partial charge is 0.345 e. The van der Waals surface area contributed by atoms with Crippen LogP contribution in [-0.4, -0.2) is 28.4 Å². The van der Waals surface area contributed by atoms with Crippen molar-refractivity contribution in [2.24, 2.45) is 5.92 Å². The maximum atomic E-state index is 11.9. The monoisotopic (exact) mass is 267 g/mol. The lowest BCUT2D eigenvalue weighted by molar-refractivity contribution is -0.131. The molecule has 0 bridgehead atoms. The predicted octanol–water partition coefficient (Wildman–Crippen LogP) is 2.59. The first kappa shape index (κ1) is 13.1. The maximum Gasteiger partial charge on any atom is 0.345 e. The van der Waals surface area contributed by atoms with Gasteiger partial charge < -0.3 is 10.0 Å². The van der Waals surface area contributed by atoms with E-state index in [-0.39, 0.29) is 5.91 Å². The van der Waals surface area contributed by atoms with E-state index in [1.165, 1.54) is 11.3 Å². The lowest BCUT2D eigenvalue weighted by atomic mass is 10.0. The van der Waals surface area contributed by atoms with Gasteiger partial charge in [0.1, 0.15) is 4.88 Å². The molecule has 1 unspecified atom stereocenters. The second-order valence-corrected chi connectivity index (χ2v) is 5.99. The zero-order valence-electron chi connectivity index (χ0n) is 10.4. The molecule has 0 saturated carbocycles. The van der Waals surface area contributed by atoms with Gasteiger partial charge in [0.15, 0.2) is 0 Å². The number of likely N-dealkylation sites (tertiary alicyclic amines) is 1. The van der Waals surface area contributed by atoms with E-state index in [9.17, 15) is 9.59 Å². The van der Waals surface area contributed by atoms with Gasteiger partial charge in [-0.3, -0.25) is 4.79 Å². The van der Waals surface area contributed by atoms with Crippen LogP contribution in [0.4, 0.5) is 0 Å². The fourth-order valence-corrected chi connectivity index (χ4v) is 2.97. The van der Waals surface area contributed by atoms with Crippen LogP contribution in [-0.2, 0) is 11.3 Å². The molecular formula is C13H17NO3S. The van der Waals surface area contributed by atoms with Crippen molar-refractivity contribution in [3.05, 3.63) is 21.9 Å². The van der Waals surface area contributed by atoms with Crippen molar-refractivity contribution >= 4 is 23.2 Å². The minimum Gasteiger partial charge on any atom is -0.477 e. The second kappa shape index (κ2) is 5.52. The Morgan fingerprint density at radius 2 is 2.28 bits per heavy atom. The average Bonchev–Trinajstić information content (AvgIpc) is 2.74. The number of carboxylic acid groups (broad SMARTS) is 1. The van der Waals surface area contributed by atoms with Crippen LogP contribution in [0.5, 0.6) is 0 Å². The molecule has 0 spiro atoms. The molecule has 1 aliphatic heterocycles. The number of carbonyl (C=O) groups excluding carboxylic acids is 1. The lowest BCUT2D eigenvalue weighted by Gasteiger charge is -2.19. The number of thiophene rings is 1. The van der Waals surface area contributed by atoms with Crippen molar-refractivity contribution in [3.8, 4) is 0 Å². The normalized spacial score (nSPS) is 20.8. The van der Waals surface area contributed by atoms with Crippen molar-refractivity contribution in [1.29, 1.82) is 0 Å². The van der Waals surface area contributed by atoms with E-state index in [1.54, 1.807) is 12.1 Å². The van der Waals surface area contributed by atoms with Gasteiger partial charge >= 0.3 is 5.97 Å². The van der Waals surface area contributed by atoms with Crippen LogP contribution in [0.3, 0.4) is 0 Å². The maximum absolute atomic E-state index is 11.9. The molecule has 18 heavy (non-hydrogen) atoms. The molecule has 0 aromatic carbocycles. The van der Waals surface area contributed by atoms with Crippen LogP contribution in [0.15, 0.2) is 12.1 Å². The number of carbonyl (C=O) groups is 2. The van der Waals surface area contributed by atoms with Crippen molar-refractivity contribution in [3.63, 3.8) is 0 Å². The Morgan fingerprint density at radius 3 is 2.94 bits per heavy atom. The van der Waals surface area contributed by atoms with Crippen LogP contribution in [0, 0.1) is 5.92 Å². The summed E-state index contributed by atoms with van der Waals surface area (Å²) < 4.78 is 0. The van der Waals surface area contributed by atoms with E-state index in [2.05, 4.69) is 6.92 Å². The molecular weight excluding hydrogens is 250 g/mol. The third-order valence-corrected chi connectivity index (χ3v) is 4.37. The van der Waals surface area contributed by atoms with Crippen LogP contribution in [0.25, 0.3) is 0 Å². The molecule has 1 fully saturated rings. The van der Waals surface area contributed by atoms with E-state index < -0.39 is 5.97 Å². The van der Waals surface area contributed by atoms with Gasteiger partial charge in [0.05, 0.1) is 6.54 Å². The fraction of sp³-hybridized carbons (Fsp3) is 0.538. The van der Waals surface area contributed by atoms with Crippen LogP contribution in [0.2, 0.25) is 0 Å². The SMILES string of the molecule is CC1CCC(=O)N(Cc2ccc(C(=O)O)s2)CC1. The molecule has 1 amide bonds. The van der Waals surface area contributed by atoms with Crippen LogP contribution < -0.4 is 0 Å². The Balaban J connectivity index is 2.02. The minimum atomic E-state index is -0.901. The van der Waals surface area contributed by atoms with Crippen LogP contribution in [0.1, 0.15) is 40.7 Å². The molecule has 1 saturated heterocycles. The van der Waals surface area contributed by atoms with Gasteiger partial charge in [-0.15, -0.1) is 11.3 Å². The molecule has 5 heteroatoms. The number of hydrogen-bond donors (Lipinski definition) is 1. The van der Waals surface area contributed by atoms with E-state index >= 15 is 0 Å². The molecule has 1 aliphatic rings. The Morgan fingerprint density at radius 1 is 1.50 bits per heavy atom. The molecule has 98 valence electrons. The van der Waals surface area contributed by atoms with Crippen molar-refractivity contribution in [2.45, 2.75) is 32.7 Å². The molecule has 1 N–H and O–H groups in total. The van der Waals surface area contributed by atoms with Crippen molar-refractivity contribution in [1.82, 2.24) is 4.90 Å². The summed E-state index contributed by atoms with van der Waals surface area (Å²) >= 11 is 1.25. The van der Waals surface area contributed by atoms with Gasteiger partial charge in [-0.2, -0.15) is 0 Å². The summed E-state index contributed by atoms with van der Waals surface area (Å²) in [5, 5.41) is 8.87. The number of carboxylic acids is 1. The zero-order valence-corrected chi connectivity index (χ0v) is 11.2. The van der Waals surface area contributed by atoms with E-state index in [0.29, 0.717) is 23.8 Å². The highest BCUT2D eigenvalue weighted by Gasteiger charge is 2.21. The number of amides is 1. The Hall–Kier alpha value is -1.36. The third kappa shape index (κ3) is 3.10. The summed E-state index contributed by atoms with van der Waals surface area (Å²) in [6.45, 7) is 3.49. The highest BCUT2D eigenvalue weighted by atomic mass is 32.1. The van der Waals surface area contributed by atoms with Crippen LogP contribution >= 0.6 is 11.3 Å². The summed E-state index contributed by atoms with van der Waals surface area (Å²) in [7, 11) is 0. The quantitative estimate of drug-likeness (QED) is 0.915. The number of nitrogens with zero attached hydrogens (tertiary/aromatic N) is 1. The zero-order chi connectivity index (χ0) is 13.1. The summed E-state index contributed by atoms with van der Waals surface area (Å²) in [4.78, 5) is 25.8. The molecule has 1 atom stereocenters. The first-order valence-electron chi connectivity index (χ1n) is 6.16. The highest BCUT2D eigenvalue weighted by Crippen LogP contribution is 2.22.